The Bertz CT molecular complexity index is 523. The highest BCUT2D eigenvalue weighted by Crippen LogP contribution is 2.29. The van der Waals surface area contributed by atoms with Gasteiger partial charge in [0, 0.05) is 25.3 Å². The smallest absolute Gasteiger partial charge is 0.330 e. The van der Waals surface area contributed by atoms with Crippen molar-refractivity contribution in [3.63, 3.8) is 0 Å². The van der Waals surface area contributed by atoms with Crippen LogP contribution in [0.4, 0.5) is 0 Å². The molecule has 0 spiro atoms. The molecule has 0 amide bonds. The second-order valence-electron chi connectivity index (χ2n) is 4.30. The predicted molar refractivity (Wildman–Crippen MR) is 62.5 cm³/mol. The maximum Gasteiger partial charge on any atom is 0.330 e. The van der Waals surface area contributed by atoms with Crippen molar-refractivity contribution in [3.05, 3.63) is 32.6 Å². The number of aliphatic hydroxyl groups excluding tert-OH is 1. The summed E-state index contributed by atoms with van der Waals surface area (Å²) in [7, 11) is 1.53. The van der Waals surface area contributed by atoms with Crippen molar-refractivity contribution >= 4 is 0 Å². The number of hydrogen-bond donors (Lipinski definition) is 2. The van der Waals surface area contributed by atoms with Crippen LogP contribution >= 0.6 is 0 Å². The van der Waals surface area contributed by atoms with Crippen LogP contribution < -0.4 is 11.2 Å². The van der Waals surface area contributed by atoms with Gasteiger partial charge in [-0.15, -0.1) is 0 Å². The zero-order chi connectivity index (χ0) is 13.3. The summed E-state index contributed by atoms with van der Waals surface area (Å²) >= 11 is 0. The zero-order valence-electron chi connectivity index (χ0n) is 10.3. The molecular formula is C11H16N2O5. The van der Waals surface area contributed by atoms with Crippen LogP contribution in [0.25, 0.3) is 0 Å². The van der Waals surface area contributed by atoms with E-state index in [1.807, 2.05) is 0 Å². The van der Waals surface area contributed by atoms with Gasteiger partial charge >= 0.3 is 5.69 Å². The third-order valence-corrected chi connectivity index (χ3v) is 3.12. The first kappa shape index (κ1) is 13.0. The van der Waals surface area contributed by atoms with Crippen molar-refractivity contribution < 1.29 is 14.6 Å². The molecule has 2 rings (SSSR count). The minimum atomic E-state index is -0.532. The summed E-state index contributed by atoms with van der Waals surface area (Å²) in [5.74, 6) is 0. The fraction of sp³-hybridized carbons (Fsp3) is 0.636. The summed E-state index contributed by atoms with van der Waals surface area (Å²) in [4.78, 5) is 25.2. The average Bonchev–Trinajstić information content (AvgIpc) is 2.76. The first-order chi connectivity index (χ1) is 8.56. The molecule has 0 aliphatic carbocycles. The van der Waals surface area contributed by atoms with Crippen LogP contribution in [0.15, 0.2) is 15.8 Å². The van der Waals surface area contributed by atoms with E-state index in [1.165, 1.54) is 17.9 Å². The van der Waals surface area contributed by atoms with E-state index in [1.54, 1.807) is 6.92 Å². The Morgan fingerprint density at radius 3 is 2.89 bits per heavy atom. The Hall–Kier alpha value is -1.44. The van der Waals surface area contributed by atoms with E-state index in [9.17, 15) is 9.59 Å². The van der Waals surface area contributed by atoms with Crippen molar-refractivity contribution in [1.82, 2.24) is 9.55 Å². The third-order valence-electron chi connectivity index (χ3n) is 3.12. The van der Waals surface area contributed by atoms with E-state index >= 15 is 0 Å². The number of aromatic amines is 1. The first-order valence-electron chi connectivity index (χ1n) is 5.68. The number of ether oxygens (including phenoxy) is 2. The van der Waals surface area contributed by atoms with Gasteiger partial charge in [-0.1, -0.05) is 0 Å². The van der Waals surface area contributed by atoms with Crippen LogP contribution in [0.5, 0.6) is 0 Å². The third kappa shape index (κ3) is 2.24. The van der Waals surface area contributed by atoms with Gasteiger partial charge in [-0.3, -0.25) is 14.3 Å². The molecule has 1 fully saturated rings. The molecule has 1 aliphatic heterocycles. The predicted octanol–water partition coefficient (Wildman–Crippen LogP) is -0.860. The van der Waals surface area contributed by atoms with E-state index in [-0.39, 0.29) is 12.7 Å². The standard InChI is InChI=1S/C11H16N2O5/c1-6-4-13(11(16)12-10(6)15)9-3-7(17-2)8(5-14)18-9/h4,7-9,14H,3,5H2,1-2H3,(H,12,15,16)/t7-,8-,9-/m1/s1. The SMILES string of the molecule is CO[C@@H]1C[C@H](n2cc(C)c(=O)[nH]c2=O)O[C@@H]1CO. The Labute approximate surface area is 103 Å². The Morgan fingerprint density at radius 2 is 2.33 bits per heavy atom. The summed E-state index contributed by atoms with van der Waals surface area (Å²) in [5.41, 5.74) is -0.500. The van der Waals surface area contributed by atoms with Crippen molar-refractivity contribution in [1.29, 1.82) is 0 Å². The highest BCUT2D eigenvalue weighted by Gasteiger charge is 2.36. The van der Waals surface area contributed by atoms with Crippen LogP contribution in [-0.4, -0.2) is 40.6 Å². The molecule has 1 saturated heterocycles. The van der Waals surface area contributed by atoms with Crippen LogP contribution in [0.1, 0.15) is 18.2 Å². The fourth-order valence-electron chi connectivity index (χ4n) is 2.08. The summed E-state index contributed by atoms with van der Waals surface area (Å²) < 4.78 is 12.0. The topological polar surface area (TPSA) is 93.6 Å². The van der Waals surface area contributed by atoms with Crippen molar-refractivity contribution in [2.75, 3.05) is 13.7 Å². The molecule has 0 unspecified atom stereocenters. The van der Waals surface area contributed by atoms with Crippen molar-refractivity contribution in [2.45, 2.75) is 31.8 Å². The van der Waals surface area contributed by atoms with Crippen LogP contribution in [-0.2, 0) is 9.47 Å². The lowest BCUT2D eigenvalue weighted by Crippen LogP contribution is -2.33. The normalized spacial score (nSPS) is 27.6. The van der Waals surface area contributed by atoms with E-state index in [0.29, 0.717) is 12.0 Å². The highest BCUT2D eigenvalue weighted by atomic mass is 16.6. The van der Waals surface area contributed by atoms with E-state index in [2.05, 4.69) is 4.98 Å². The largest absolute Gasteiger partial charge is 0.394 e. The highest BCUT2D eigenvalue weighted by molar-refractivity contribution is 5.02. The Balaban J connectivity index is 2.31. The summed E-state index contributed by atoms with van der Waals surface area (Å²) in [6, 6.07) is 0. The molecule has 0 bridgehead atoms. The molecular weight excluding hydrogens is 240 g/mol. The summed E-state index contributed by atoms with van der Waals surface area (Å²) in [5, 5.41) is 9.15. The van der Waals surface area contributed by atoms with E-state index in [4.69, 9.17) is 14.6 Å². The van der Waals surface area contributed by atoms with Gasteiger partial charge in [-0.05, 0) is 6.92 Å². The molecule has 3 atom stereocenters. The molecule has 1 aromatic rings. The van der Waals surface area contributed by atoms with Crippen molar-refractivity contribution in [2.24, 2.45) is 0 Å². The van der Waals surface area contributed by atoms with Gasteiger partial charge in [0.05, 0.1) is 12.7 Å². The van der Waals surface area contributed by atoms with Crippen molar-refractivity contribution in [3.8, 4) is 0 Å². The Kier molecular flexibility index (Phi) is 3.65. The summed E-state index contributed by atoms with van der Waals surface area (Å²) in [6.07, 6.45) is 0.652. The number of methoxy groups -OCH3 is 1. The second kappa shape index (κ2) is 5.05. The molecule has 2 heterocycles. The van der Waals surface area contributed by atoms with Gasteiger partial charge in [0.15, 0.2) is 0 Å². The zero-order valence-corrected chi connectivity index (χ0v) is 10.3. The maximum absolute atomic E-state index is 11.7. The molecule has 0 aromatic carbocycles. The van der Waals surface area contributed by atoms with Gasteiger partial charge in [-0.2, -0.15) is 0 Å². The fourth-order valence-corrected chi connectivity index (χ4v) is 2.08. The van der Waals surface area contributed by atoms with Crippen LogP contribution in [0.3, 0.4) is 0 Å². The Morgan fingerprint density at radius 1 is 1.61 bits per heavy atom. The molecule has 2 N–H and O–H groups in total. The molecule has 100 valence electrons. The van der Waals surface area contributed by atoms with Gasteiger partial charge < -0.3 is 14.6 Å². The molecule has 1 aliphatic rings. The second-order valence-corrected chi connectivity index (χ2v) is 4.30. The number of rotatable bonds is 3. The molecule has 0 saturated carbocycles. The maximum atomic E-state index is 11.7. The minimum absolute atomic E-state index is 0.175. The van der Waals surface area contributed by atoms with Gasteiger partial charge in [0.25, 0.3) is 5.56 Å². The number of nitrogens with zero attached hydrogens (tertiary/aromatic N) is 1. The number of nitrogens with one attached hydrogen (secondary N) is 1. The number of aromatic nitrogens is 2. The van der Waals surface area contributed by atoms with Gasteiger partial charge in [-0.25, -0.2) is 4.79 Å². The lowest BCUT2D eigenvalue weighted by molar-refractivity contribution is -0.0535. The molecule has 0 radical (unpaired) electrons. The first-order valence-corrected chi connectivity index (χ1v) is 5.68. The van der Waals surface area contributed by atoms with Gasteiger partial charge in [0.1, 0.15) is 12.3 Å². The molecule has 7 nitrogen and oxygen atoms in total. The van der Waals surface area contributed by atoms with E-state index in [0.717, 1.165) is 0 Å². The molecule has 1 aromatic heterocycles. The number of H-pyrrole nitrogens is 1. The lowest BCUT2D eigenvalue weighted by Gasteiger charge is -2.14. The van der Waals surface area contributed by atoms with E-state index < -0.39 is 23.6 Å². The lowest BCUT2D eigenvalue weighted by atomic mass is 10.2. The quantitative estimate of drug-likeness (QED) is 0.734. The van der Waals surface area contributed by atoms with Crippen LogP contribution in [0.2, 0.25) is 0 Å². The minimum Gasteiger partial charge on any atom is -0.394 e. The number of aliphatic hydroxyl groups is 1. The number of hydrogen-bond acceptors (Lipinski definition) is 5. The number of aryl methyl sites for hydroxylation is 1. The molecule has 18 heavy (non-hydrogen) atoms. The molecule has 7 heteroatoms. The summed E-state index contributed by atoms with van der Waals surface area (Å²) in [6.45, 7) is 1.44. The monoisotopic (exact) mass is 256 g/mol. The van der Waals surface area contributed by atoms with Crippen LogP contribution in [0, 0.1) is 6.92 Å². The van der Waals surface area contributed by atoms with Gasteiger partial charge in [0.2, 0.25) is 0 Å². The average molecular weight is 256 g/mol.